The molecule has 2 aromatic rings. The van der Waals surface area contributed by atoms with Crippen molar-refractivity contribution in [3.63, 3.8) is 0 Å². The highest BCUT2D eigenvalue weighted by atomic mass is 19.1. The molecule has 0 aliphatic heterocycles. The van der Waals surface area contributed by atoms with Gasteiger partial charge in [0, 0.05) is 5.56 Å². The Labute approximate surface area is 140 Å². The summed E-state index contributed by atoms with van der Waals surface area (Å²) in [7, 11) is 0. The molecule has 9 heteroatoms. The Morgan fingerprint density at radius 2 is 1.76 bits per heavy atom. The zero-order valence-corrected chi connectivity index (χ0v) is 12.9. The fourth-order valence-corrected chi connectivity index (χ4v) is 2.07. The topological polar surface area (TPSA) is 98.5 Å². The first-order valence-electron chi connectivity index (χ1n) is 6.96. The highest BCUT2D eigenvalue weighted by Gasteiger charge is 2.24. The molecule has 0 aliphatic rings. The molecule has 0 unspecified atom stereocenters. The monoisotopic (exact) mass is 350 g/mol. The summed E-state index contributed by atoms with van der Waals surface area (Å²) in [5.41, 5.74) is -1.19. The van der Waals surface area contributed by atoms with Gasteiger partial charge >= 0.3 is 5.97 Å². The first kappa shape index (κ1) is 18.0. The summed E-state index contributed by atoms with van der Waals surface area (Å²) in [6.45, 7) is 0.584. The SMILES string of the molecule is Cc1cccc(C(=O)OCC(=O)Nc2c(F)cccc2F)c1[N+](=O)[O-]. The fraction of sp³-hybridized carbons (Fsp3) is 0.125. The number of hydrogen-bond donors (Lipinski definition) is 1. The van der Waals surface area contributed by atoms with Gasteiger partial charge in [-0.15, -0.1) is 0 Å². The van der Waals surface area contributed by atoms with Crippen LogP contribution < -0.4 is 5.32 Å². The third kappa shape index (κ3) is 4.14. The van der Waals surface area contributed by atoms with E-state index in [-0.39, 0.29) is 11.1 Å². The molecule has 0 aliphatic carbocycles. The molecule has 0 saturated heterocycles. The van der Waals surface area contributed by atoms with E-state index >= 15 is 0 Å². The molecule has 0 fully saturated rings. The minimum atomic E-state index is -1.10. The number of benzene rings is 2. The number of nitro groups is 1. The van der Waals surface area contributed by atoms with Crippen molar-refractivity contribution >= 4 is 23.3 Å². The Bertz CT molecular complexity index is 834. The van der Waals surface area contributed by atoms with E-state index in [9.17, 15) is 28.5 Å². The van der Waals surface area contributed by atoms with Crippen LogP contribution in [-0.4, -0.2) is 23.4 Å². The zero-order chi connectivity index (χ0) is 18.6. The van der Waals surface area contributed by atoms with Crippen LogP contribution in [0, 0.1) is 28.7 Å². The predicted octanol–water partition coefficient (Wildman–Crippen LogP) is 2.98. The van der Waals surface area contributed by atoms with Crippen molar-refractivity contribution in [2.24, 2.45) is 0 Å². The van der Waals surface area contributed by atoms with Gasteiger partial charge in [0.1, 0.15) is 22.9 Å². The Morgan fingerprint density at radius 1 is 1.16 bits per heavy atom. The Kier molecular flexibility index (Phi) is 5.38. The molecule has 0 spiro atoms. The van der Waals surface area contributed by atoms with Crippen LogP contribution in [0.3, 0.4) is 0 Å². The van der Waals surface area contributed by atoms with Crippen molar-refractivity contribution in [1.29, 1.82) is 0 Å². The summed E-state index contributed by atoms with van der Waals surface area (Å²) in [5.74, 6) is -4.07. The van der Waals surface area contributed by atoms with E-state index in [0.717, 1.165) is 18.2 Å². The smallest absolute Gasteiger partial charge is 0.345 e. The molecule has 25 heavy (non-hydrogen) atoms. The van der Waals surface area contributed by atoms with E-state index in [0.29, 0.717) is 0 Å². The van der Waals surface area contributed by atoms with Crippen molar-refractivity contribution in [2.45, 2.75) is 6.92 Å². The first-order valence-corrected chi connectivity index (χ1v) is 6.96. The third-order valence-electron chi connectivity index (χ3n) is 3.20. The predicted molar refractivity (Wildman–Crippen MR) is 83.1 cm³/mol. The molecule has 0 atom stereocenters. The highest BCUT2D eigenvalue weighted by Crippen LogP contribution is 2.24. The average molecular weight is 350 g/mol. The lowest BCUT2D eigenvalue weighted by Crippen LogP contribution is -2.22. The summed E-state index contributed by atoms with van der Waals surface area (Å²) in [5, 5.41) is 13.0. The third-order valence-corrected chi connectivity index (χ3v) is 3.20. The van der Waals surface area contributed by atoms with Crippen LogP contribution in [0.25, 0.3) is 0 Å². The molecule has 0 heterocycles. The number of hydrogen-bond acceptors (Lipinski definition) is 5. The maximum absolute atomic E-state index is 13.4. The van der Waals surface area contributed by atoms with Gasteiger partial charge in [-0.2, -0.15) is 0 Å². The molecule has 1 N–H and O–H groups in total. The van der Waals surface area contributed by atoms with E-state index in [2.05, 4.69) is 4.74 Å². The van der Waals surface area contributed by atoms with Gasteiger partial charge in [-0.25, -0.2) is 13.6 Å². The van der Waals surface area contributed by atoms with Crippen LogP contribution in [0.4, 0.5) is 20.2 Å². The standard InChI is InChI=1S/C16H12F2N2O5/c1-9-4-2-5-10(15(9)20(23)24)16(22)25-8-13(21)19-14-11(17)6-3-7-12(14)18/h2-7H,8H2,1H3,(H,19,21). The number of anilines is 1. The number of aryl methyl sites for hydroxylation is 1. The van der Waals surface area contributed by atoms with Gasteiger partial charge in [-0.1, -0.05) is 18.2 Å². The Morgan fingerprint density at radius 3 is 2.36 bits per heavy atom. The lowest BCUT2D eigenvalue weighted by molar-refractivity contribution is -0.385. The molecular weight excluding hydrogens is 338 g/mol. The second-order valence-electron chi connectivity index (χ2n) is 4.95. The minimum Gasteiger partial charge on any atom is -0.452 e. The van der Waals surface area contributed by atoms with Gasteiger partial charge in [0.25, 0.3) is 11.6 Å². The number of carbonyl (C=O) groups is 2. The Hall–Kier alpha value is -3.36. The number of nitrogens with zero attached hydrogens (tertiary/aromatic N) is 1. The lowest BCUT2D eigenvalue weighted by Gasteiger charge is -2.09. The molecule has 130 valence electrons. The largest absolute Gasteiger partial charge is 0.452 e. The van der Waals surface area contributed by atoms with Crippen LogP contribution in [-0.2, 0) is 9.53 Å². The summed E-state index contributed by atoms with van der Waals surface area (Å²) < 4.78 is 31.5. The van der Waals surface area contributed by atoms with Crippen molar-refractivity contribution in [3.05, 3.63) is 69.3 Å². The molecule has 0 aromatic heterocycles. The van der Waals surface area contributed by atoms with Crippen LogP contribution in [0.2, 0.25) is 0 Å². The molecule has 0 saturated carbocycles. The van der Waals surface area contributed by atoms with E-state index in [1.165, 1.54) is 25.1 Å². The number of para-hydroxylation sites is 2. The van der Waals surface area contributed by atoms with Crippen LogP contribution >= 0.6 is 0 Å². The molecule has 7 nitrogen and oxygen atoms in total. The number of amides is 1. The highest BCUT2D eigenvalue weighted by molar-refractivity contribution is 5.97. The number of carbonyl (C=O) groups excluding carboxylic acids is 2. The zero-order valence-electron chi connectivity index (χ0n) is 12.9. The number of ether oxygens (including phenoxy) is 1. The van der Waals surface area contributed by atoms with Crippen molar-refractivity contribution < 1.29 is 28.0 Å². The normalized spacial score (nSPS) is 10.2. The fourth-order valence-electron chi connectivity index (χ4n) is 2.07. The molecule has 2 aromatic carbocycles. The van der Waals surface area contributed by atoms with Gasteiger partial charge in [-0.3, -0.25) is 14.9 Å². The Balaban J connectivity index is 2.07. The first-order chi connectivity index (χ1) is 11.8. The molecule has 0 radical (unpaired) electrons. The average Bonchev–Trinajstić information content (AvgIpc) is 2.55. The van der Waals surface area contributed by atoms with Crippen LogP contribution in [0.5, 0.6) is 0 Å². The number of rotatable bonds is 5. The summed E-state index contributed by atoms with van der Waals surface area (Å²) in [4.78, 5) is 33.9. The number of halogens is 2. The summed E-state index contributed by atoms with van der Waals surface area (Å²) >= 11 is 0. The quantitative estimate of drug-likeness (QED) is 0.508. The van der Waals surface area contributed by atoms with E-state index in [1.54, 1.807) is 0 Å². The second kappa shape index (κ2) is 7.47. The van der Waals surface area contributed by atoms with Crippen LogP contribution in [0.1, 0.15) is 15.9 Å². The molecule has 0 bridgehead atoms. The lowest BCUT2D eigenvalue weighted by atomic mass is 10.1. The number of esters is 1. The van der Waals surface area contributed by atoms with Gasteiger partial charge < -0.3 is 10.1 Å². The van der Waals surface area contributed by atoms with E-state index in [1.807, 2.05) is 5.32 Å². The van der Waals surface area contributed by atoms with Crippen LogP contribution in [0.15, 0.2) is 36.4 Å². The minimum absolute atomic E-state index is 0.248. The summed E-state index contributed by atoms with van der Waals surface area (Å²) in [6.07, 6.45) is 0. The van der Waals surface area contributed by atoms with Gasteiger partial charge in [0.15, 0.2) is 6.61 Å². The van der Waals surface area contributed by atoms with Gasteiger partial charge in [-0.05, 0) is 25.1 Å². The maximum Gasteiger partial charge on any atom is 0.345 e. The maximum atomic E-state index is 13.4. The van der Waals surface area contributed by atoms with Gasteiger partial charge in [0.05, 0.1) is 4.92 Å². The van der Waals surface area contributed by atoms with E-state index < -0.39 is 46.4 Å². The molecular formula is C16H12F2N2O5. The number of nitro benzene ring substituents is 1. The molecule has 2 rings (SSSR count). The van der Waals surface area contributed by atoms with E-state index in [4.69, 9.17) is 0 Å². The van der Waals surface area contributed by atoms with Crippen molar-refractivity contribution in [2.75, 3.05) is 11.9 Å². The molecule has 1 amide bonds. The van der Waals surface area contributed by atoms with Gasteiger partial charge in [0.2, 0.25) is 0 Å². The number of nitrogens with one attached hydrogen (secondary N) is 1. The van der Waals surface area contributed by atoms with Crippen molar-refractivity contribution in [3.8, 4) is 0 Å². The second-order valence-corrected chi connectivity index (χ2v) is 4.95. The summed E-state index contributed by atoms with van der Waals surface area (Å²) in [6, 6.07) is 7.07. The van der Waals surface area contributed by atoms with Crippen molar-refractivity contribution in [1.82, 2.24) is 0 Å².